The fourth-order valence-corrected chi connectivity index (χ4v) is 1.22. The van der Waals surface area contributed by atoms with Crippen molar-refractivity contribution in [3.05, 3.63) is 28.0 Å². The molecule has 0 saturated heterocycles. The van der Waals surface area contributed by atoms with Gasteiger partial charge in [0, 0.05) is 0 Å². The van der Waals surface area contributed by atoms with Crippen molar-refractivity contribution < 1.29 is 18.3 Å². The molecule has 0 spiro atoms. The van der Waals surface area contributed by atoms with E-state index in [1.165, 1.54) is 0 Å². The third-order valence-electron chi connectivity index (χ3n) is 1.28. The first-order valence-electron chi connectivity index (χ1n) is 2.98. The minimum Gasteiger partial charge on any atom is -0.508 e. The van der Waals surface area contributed by atoms with E-state index < -0.39 is 23.6 Å². The highest BCUT2D eigenvalue weighted by atomic mass is 79.9. The molecule has 0 aliphatic heterocycles. The SMILES string of the molecule is Oc1cc(Br)c(F)c(C(F)F)c1. The van der Waals surface area contributed by atoms with Gasteiger partial charge in [0.15, 0.2) is 0 Å². The Bertz CT molecular complexity index is 301. The average Bonchev–Trinajstić information content (AvgIpc) is 1.96. The largest absolute Gasteiger partial charge is 0.508 e. The van der Waals surface area contributed by atoms with Gasteiger partial charge in [0.1, 0.15) is 11.6 Å². The van der Waals surface area contributed by atoms with Crippen molar-refractivity contribution in [3.8, 4) is 5.75 Å². The summed E-state index contributed by atoms with van der Waals surface area (Å²) in [7, 11) is 0. The summed E-state index contributed by atoms with van der Waals surface area (Å²) in [6, 6.07) is 1.71. The third kappa shape index (κ3) is 1.72. The lowest BCUT2D eigenvalue weighted by Gasteiger charge is -2.03. The fourth-order valence-electron chi connectivity index (χ4n) is 0.754. The molecule has 0 saturated carbocycles. The summed E-state index contributed by atoms with van der Waals surface area (Å²) in [5, 5.41) is 8.84. The lowest BCUT2D eigenvalue weighted by Crippen LogP contribution is -1.91. The van der Waals surface area contributed by atoms with E-state index in [1.807, 2.05) is 0 Å². The van der Waals surface area contributed by atoms with Crippen LogP contribution in [0.5, 0.6) is 5.75 Å². The second-order valence-electron chi connectivity index (χ2n) is 2.13. The second-order valence-corrected chi connectivity index (χ2v) is 2.99. The molecule has 0 aromatic heterocycles. The highest BCUT2D eigenvalue weighted by molar-refractivity contribution is 9.10. The molecule has 0 aliphatic rings. The molecule has 1 aromatic carbocycles. The molecule has 0 bridgehead atoms. The molecule has 0 aliphatic carbocycles. The van der Waals surface area contributed by atoms with Crippen LogP contribution in [-0.2, 0) is 0 Å². The maximum absolute atomic E-state index is 12.8. The Balaban J connectivity index is 3.28. The first kappa shape index (κ1) is 9.38. The Morgan fingerprint density at radius 1 is 1.33 bits per heavy atom. The standard InChI is InChI=1S/C7H4BrF3O/c8-5-2-3(12)1-4(6(5)9)7(10)11/h1-2,7,12H. The summed E-state index contributed by atoms with van der Waals surface area (Å²) in [6.45, 7) is 0. The van der Waals surface area contributed by atoms with Gasteiger partial charge in [0.25, 0.3) is 6.43 Å². The van der Waals surface area contributed by atoms with Crippen LogP contribution >= 0.6 is 15.9 Å². The van der Waals surface area contributed by atoms with Gasteiger partial charge in [-0.15, -0.1) is 0 Å². The average molecular weight is 241 g/mol. The lowest BCUT2D eigenvalue weighted by molar-refractivity contribution is 0.145. The van der Waals surface area contributed by atoms with E-state index in [0.29, 0.717) is 6.07 Å². The maximum Gasteiger partial charge on any atom is 0.266 e. The van der Waals surface area contributed by atoms with Crippen LogP contribution in [0.4, 0.5) is 13.2 Å². The molecule has 0 atom stereocenters. The molecular weight excluding hydrogens is 237 g/mol. The molecule has 66 valence electrons. The van der Waals surface area contributed by atoms with Gasteiger partial charge in [-0.3, -0.25) is 0 Å². The van der Waals surface area contributed by atoms with Crippen LogP contribution in [0.25, 0.3) is 0 Å². The van der Waals surface area contributed by atoms with E-state index in [2.05, 4.69) is 15.9 Å². The number of phenols is 1. The molecular formula is C7H4BrF3O. The molecule has 0 heterocycles. The number of hydrogen-bond donors (Lipinski definition) is 1. The van der Waals surface area contributed by atoms with Gasteiger partial charge in [-0.05, 0) is 28.1 Å². The van der Waals surface area contributed by atoms with E-state index in [4.69, 9.17) is 5.11 Å². The second kappa shape index (κ2) is 3.35. The molecule has 1 rings (SSSR count). The Kier molecular flexibility index (Phi) is 2.62. The molecule has 12 heavy (non-hydrogen) atoms. The number of rotatable bonds is 1. The predicted molar refractivity (Wildman–Crippen MR) is 40.7 cm³/mol. The Morgan fingerprint density at radius 2 is 1.92 bits per heavy atom. The zero-order chi connectivity index (χ0) is 9.30. The number of phenolic OH excluding ortho intramolecular Hbond substituents is 1. The molecule has 5 heteroatoms. The molecule has 0 amide bonds. The van der Waals surface area contributed by atoms with E-state index in [1.54, 1.807) is 0 Å². The number of alkyl halides is 2. The normalized spacial score (nSPS) is 10.8. The first-order valence-corrected chi connectivity index (χ1v) is 3.77. The van der Waals surface area contributed by atoms with Gasteiger partial charge in [0.05, 0.1) is 10.0 Å². The van der Waals surface area contributed by atoms with Gasteiger partial charge < -0.3 is 5.11 Å². The van der Waals surface area contributed by atoms with Gasteiger partial charge in [-0.2, -0.15) is 0 Å². The van der Waals surface area contributed by atoms with Crippen LogP contribution < -0.4 is 0 Å². The van der Waals surface area contributed by atoms with Crippen molar-refractivity contribution in [2.45, 2.75) is 6.43 Å². The van der Waals surface area contributed by atoms with Crippen molar-refractivity contribution in [1.29, 1.82) is 0 Å². The molecule has 1 nitrogen and oxygen atoms in total. The van der Waals surface area contributed by atoms with Crippen LogP contribution in [0.15, 0.2) is 16.6 Å². The number of halogens is 4. The van der Waals surface area contributed by atoms with Crippen LogP contribution in [0.3, 0.4) is 0 Å². The van der Waals surface area contributed by atoms with Crippen LogP contribution in [-0.4, -0.2) is 5.11 Å². The topological polar surface area (TPSA) is 20.2 Å². The fraction of sp³-hybridized carbons (Fsp3) is 0.143. The molecule has 0 unspecified atom stereocenters. The zero-order valence-electron chi connectivity index (χ0n) is 5.69. The Hall–Kier alpha value is -0.710. The predicted octanol–water partition coefficient (Wildman–Crippen LogP) is 3.23. The summed E-state index contributed by atoms with van der Waals surface area (Å²) in [5.41, 5.74) is -0.804. The minimum absolute atomic E-state index is 0.169. The van der Waals surface area contributed by atoms with Gasteiger partial charge >= 0.3 is 0 Å². The van der Waals surface area contributed by atoms with Crippen LogP contribution in [0, 0.1) is 5.82 Å². The number of benzene rings is 1. The maximum atomic E-state index is 12.8. The quantitative estimate of drug-likeness (QED) is 0.800. The monoisotopic (exact) mass is 240 g/mol. The number of aromatic hydroxyl groups is 1. The third-order valence-corrected chi connectivity index (χ3v) is 1.85. The van der Waals surface area contributed by atoms with Crippen LogP contribution in [0.1, 0.15) is 12.0 Å². The van der Waals surface area contributed by atoms with Crippen molar-refractivity contribution >= 4 is 15.9 Å². The molecule has 1 N–H and O–H groups in total. The summed E-state index contributed by atoms with van der Waals surface area (Å²) in [6.07, 6.45) is -2.92. The Morgan fingerprint density at radius 3 is 2.42 bits per heavy atom. The van der Waals surface area contributed by atoms with Gasteiger partial charge in [-0.25, -0.2) is 13.2 Å². The van der Waals surface area contributed by atoms with Crippen molar-refractivity contribution in [2.75, 3.05) is 0 Å². The van der Waals surface area contributed by atoms with E-state index in [9.17, 15) is 13.2 Å². The van der Waals surface area contributed by atoms with Crippen molar-refractivity contribution in [1.82, 2.24) is 0 Å². The van der Waals surface area contributed by atoms with E-state index >= 15 is 0 Å². The van der Waals surface area contributed by atoms with Gasteiger partial charge in [0.2, 0.25) is 0 Å². The summed E-state index contributed by atoms with van der Waals surface area (Å²) in [4.78, 5) is 0. The smallest absolute Gasteiger partial charge is 0.266 e. The number of hydrogen-bond acceptors (Lipinski definition) is 1. The lowest BCUT2D eigenvalue weighted by atomic mass is 10.2. The van der Waals surface area contributed by atoms with Gasteiger partial charge in [-0.1, -0.05) is 0 Å². The Labute approximate surface area is 75.0 Å². The first-order chi connectivity index (χ1) is 5.52. The van der Waals surface area contributed by atoms with Crippen LogP contribution in [0.2, 0.25) is 0 Å². The molecule has 1 aromatic rings. The van der Waals surface area contributed by atoms with Crippen molar-refractivity contribution in [2.24, 2.45) is 0 Å². The zero-order valence-corrected chi connectivity index (χ0v) is 7.28. The highest BCUT2D eigenvalue weighted by Gasteiger charge is 2.16. The summed E-state index contributed by atoms with van der Waals surface area (Å²) < 4.78 is 36.7. The van der Waals surface area contributed by atoms with Crippen molar-refractivity contribution in [3.63, 3.8) is 0 Å². The molecule has 0 radical (unpaired) electrons. The molecule has 0 fully saturated rings. The minimum atomic E-state index is -2.92. The summed E-state index contributed by atoms with van der Waals surface area (Å²) in [5.74, 6) is -1.43. The highest BCUT2D eigenvalue weighted by Crippen LogP contribution is 2.30. The van der Waals surface area contributed by atoms with E-state index in [-0.39, 0.29) is 4.47 Å². The van der Waals surface area contributed by atoms with E-state index in [0.717, 1.165) is 6.07 Å². The summed E-state index contributed by atoms with van der Waals surface area (Å²) >= 11 is 2.70.